The van der Waals surface area contributed by atoms with Gasteiger partial charge < -0.3 is 4.90 Å². The Balaban J connectivity index is 1.86. The number of hydrogen-bond acceptors (Lipinski definition) is 2. The number of H-pyrrole nitrogens is 1. The number of carbonyl (C=O) groups is 1. The molecule has 0 aliphatic heterocycles. The largest absolute Gasteiger partial charge is 0.337 e. The Morgan fingerprint density at radius 2 is 2.00 bits per heavy atom. The van der Waals surface area contributed by atoms with Crippen LogP contribution in [0.4, 0.5) is 0 Å². The van der Waals surface area contributed by atoms with Gasteiger partial charge in [0.2, 0.25) is 0 Å². The summed E-state index contributed by atoms with van der Waals surface area (Å²) in [6, 6.07) is 8.15. The van der Waals surface area contributed by atoms with Crippen molar-refractivity contribution >= 4 is 16.8 Å². The van der Waals surface area contributed by atoms with E-state index >= 15 is 0 Å². The van der Waals surface area contributed by atoms with Gasteiger partial charge in [-0.15, -0.1) is 0 Å². The number of fused-ring (bicyclic) bond motifs is 1. The van der Waals surface area contributed by atoms with E-state index in [0.717, 1.165) is 23.7 Å². The summed E-state index contributed by atoms with van der Waals surface area (Å²) in [5, 5.41) is 8.04. The first kappa shape index (κ1) is 12.2. The number of nitrogens with one attached hydrogen (secondary N) is 1. The van der Waals surface area contributed by atoms with E-state index in [4.69, 9.17) is 0 Å². The molecule has 3 rings (SSSR count). The molecule has 1 N–H and O–H groups in total. The number of carbonyl (C=O) groups excluding carboxylic acids is 1. The molecule has 1 aromatic carbocycles. The first-order valence-electron chi connectivity index (χ1n) is 6.97. The lowest BCUT2D eigenvalue weighted by Crippen LogP contribution is -2.38. The van der Waals surface area contributed by atoms with E-state index < -0.39 is 0 Å². The van der Waals surface area contributed by atoms with Gasteiger partial charge in [-0.25, -0.2) is 0 Å². The third kappa shape index (κ3) is 2.23. The third-order valence-electron chi connectivity index (χ3n) is 4.12. The molecule has 1 heterocycles. The van der Waals surface area contributed by atoms with Crippen LogP contribution in [-0.4, -0.2) is 34.1 Å². The Morgan fingerprint density at radius 1 is 1.26 bits per heavy atom. The smallest absolute Gasteiger partial charge is 0.274 e. The van der Waals surface area contributed by atoms with Crippen molar-refractivity contribution in [1.29, 1.82) is 0 Å². The second-order valence-corrected chi connectivity index (χ2v) is 5.33. The van der Waals surface area contributed by atoms with Gasteiger partial charge in [0.15, 0.2) is 5.69 Å². The van der Waals surface area contributed by atoms with Crippen LogP contribution in [0, 0.1) is 0 Å². The fourth-order valence-electron chi connectivity index (χ4n) is 2.93. The van der Waals surface area contributed by atoms with Crippen molar-refractivity contribution in [2.24, 2.45) is 0 Å². The summed E-state index contributed by atoms with van der Waals surface area (Å²) >= 11 is 0. The highest BCUT2D eigenvalue weighted by Gasteiger charge is 2.25. The number of hydrogen-bond donors (Lipinski definition) is 1. The maximum atomic E-state index is 12.6. The summed E-state index contributed by atoms with van der Waals surface area (Å²) in [4.78, 5) is 14.4. The quantitative estimate of drug-likeness (QED) is 0.899. The zero-order valence-corrected chi connectivity index (χ0v) is 11.2. The van der Waals surface area contributed by atoms with Gasteiger partial charge in [0, 0.05) is 18.5 Å². The predicted octanol–water partition coefficient (Wildman–Crippen LogP) is 2.97. The van der Waals surface area contributed by atoms with Crippen molar-refractivity contribution in [3.8, 4) is 0 Å². The van der Waals surface area contributed by atoms with E-state index in [2.05, 4.69) is 10.2 Å². The fraction of sp³-hybridized carbons (Fsp3) is 0.467. The Kier molecular flexibility index (Phi) is 3.23. The highest BCUT2D eigenvalue weighted by Crippen LogP contribution is 2.24. The van der Waals surface area contributed by atoms with Crippen LogP contribution in [0.3, 0.4) is 0 Å². The van der Waals surface area contributed by atoms with Crippen molar-refractivity contribution in [3.05, 3.63) is 30.0 Å². The summed E-state index contributed by atoms with van der Waals surface area (Å²) in [7, 11) is 1.90. The average Bonchev–Trinajstić information content (AvgIpc) is 2.90. The molecular weight excluding hydrogens is 238 g/mol. The zero-order chi connectivity index (χ0) is 13.2. The molecule has 19 heavy (non-hydrogen) atoms. The van der Waals surface area contributed by atoms with Crippen LogP contribution in [0.25, 0.3) is 10.9 Å². The number of para-hydroxylation sites is 1. The Bertz CT molecular complexity index is 584. The number of amides is 1. The van der Waals surface area contributed by atoms with Gasteiger partial charge in [-0.2, -0.15) is 5.10 Å². The maximum absolute atomic E-state index is 12.6. The topological polar surface area (TPSA) is 49.0 Å². The minimum Gasteiger partial charge on any atom is -0.337 e. The monoisotopic (exact) mass is 257 g/mol. The normalized spacial score (nSPS) is 16.7. The van der Waals surface area contributed by atoms with Crippen molar-refractivity contribution in [2.75, 3.05) is 7.05 Å². The molecule has 100 valence electrons. The van der Waals surface area contributed by atoms with E-state index in [-0.39, 0.29) is 5.91 Å². The molecule has 1 aromatic heterocycles. The highest BCUT2D eigenvalue weighted by atomic mass is 16.2. The lowest BCUT2D eigenvalue weighted by molar-refractivity contribution is 0.0692. The molecule has 4 nitrogen and oxygen atoms in total. The van der Waals surface area contributed by atoms with Gasteiger partial charge in [-0.3, -0.25) is 9.89 Å². The number of benzene rings is 1. The first-order chi connectivity index (χ1) is 9.27. The first-order valence-corrected chi connectivity index (χ1v) is 6.97. The summed E-state index contributed by atoms with van der Waals surface area (Å²) in [6.45, 7) is 0. The lowest BCUT2D eigenvalue weighted by Gasteiger charge is -2.30. The summed E-state index contributed by atoms with van der Waals surface area (Å²) < 4.78 is 0. The number of aromatic amines is 1. The van der Waals surface area contributed by atoms with Gasteiger partial charge in [0.05, 0.1) is 5.52 Å². The molecule has 0 atom stereocenters. The van der Waals surface area contributed by atoms with Gasteiger partial charge >= 0.3 is 0 Å². The zero-order valence-electron chi connectivity index (χ0n) is 11.2. The van der Waals surface area contributed by atoms with Gasteiger partial charge in [-0.05, 0) is 18.9 Å². The predicted molar refractivity (Wildman–Crippen MR) is 75.1 cm³/mol. The molecular formula is C15H19N3O. The van der Waals surface area contributed by atoms with Gasteiger partial charge in [-0.1, -0.05) is 37.5 Å². The average molecular weight is 257 g/mol. The van der Waals surface area contributed by atoms with Crippen LogP contribution in [0.5, 0.6) is 0 Å². The Morgan fingerprint density at radius 3 is 2.79 bits per heavy atom. The molecule has 1 fully saturated rings. The molecule has 0 radical (unpaired) electrons. The number of aromatic nitrogens is 2. The summed E-state index contributed by atoms with van der Waals surface area (Å²) in [5.74, 6) is 0.0318. The van der Waals surface area contributed by atoms with Crippen molar-refractivity contribution in [2.45, 2.75) is 38.1 Å². The molecule has 1 saturated carbocycles. The molecule has 4 heteroatoms. The van der Waals surface area contributed by atoms with Crippen molar-refractivity contribution in [3.63, 3.8) is 0 Å². The Labute approximate surface area is 112 Å². The molecule has 1 aliphatic carbocycles. The number of nitrogens with zero attached hydrogens (tertiary/aromatic N) is 2. The maximum Gasteiger partial charge on any atom is 0.274 e. The second-order valence-electron chi connectivity index (χ2n) is 5.33. The van der Waals surface area contributed by atoms with E-state index in [9.17, 15) is 4.79 Å². The highest BCUT2D eigenvalue weighted by molar-refractivity contribution is 6.04. The van der Waals surface area contributed by atoms with E-state index in [1.165, 1.54) is 19.3 Å². The SMILES string of the molecule is CN(C(=O)c1n[nH]c2ccccc12)C1CCCCC1. The number of rotatable bonds is 2. The van der Waals surface area contributed by atoms with E-state index in [1.54, 1.807) is 0 Å². The Hall–Kier alpha value is -1.84. The summed E-state index contributed by atoms with van der Waals surface area (Å²) in [6.07, 6.45) is 5.98. The summed E-state index contributed by atoms with van der Waals surface area (Å²) in [5.41, 5.74) is 1.46. The minimum atomic E-state index is 0.0318. The third-order valence-corrected chi connectivity index (χ3v) is 4.12. The molecule has 0 saturated heterocycles. The van der Waals surface area contributed by atoms with Crippen molar-refractivity contribution < 1.29 is 4.79 Å². The van der Waals surface area contributed by atoms with Crippen LogP contribution in [0.1, 0.15) is 42.6 Å². The molecule has 1 aliphatic rings. The standard InChI is InChI=1S/C15H19N3O/c1-18(11-7-3-2-4-8-11)15(19)14-12-9-5-6-10-13(12)16-17-14/h5-6,9-11H,2-4,7-8H2,1H3,(H,16,17). The molecule has 0 spiro atoms. The van der Waals surface area contributed by atoms with E-state index in [0.29, 0.717) is 11.7 Å². The van der Waals surface area contributed by atoms with Crippen LogP contribution >= 0.6 is 0 Å². The van der Waals surface area contributed by atoms with Crippen LogP contribution < -0.4 is 0 Å². The van der Waals surface area contributed by atoms with Crippen LogP contribution in [-0.2, 0) is 0 Å². The molecule has 0 unspecified atom stereocenters. The molecule has 2 aromatic rings. The fourth-order valence-corrected chi connectivity index (χ4v) is 2.93. The van der Waals surface area contributed by atoms with Crippen molar-refractivity contribution in [1.82, 2.24) is 15.1 Å². The van der Waals surface area contributed by atoms with Gasteiger partial charge in [0.25, 0.3) is 5.91 Å². The van der Waals surface area contributed by atoms with Gasteiger partial charge in [0.1, 0.15) is 0 Å². The van der Waals surface area contributed by atoms with Crippen LogP contribution in [0.2, 0.25) is 0 Å². The molecule has 0 bridgehead atoms. The minimum absolute atomic E-state index is 0.0318. The van der Waals surface area contributed by atoms with Crippen LogP contribution in [0.15, 0.2) is 24.3 Å². The molecule has 1 amide bonds. The lowest BCUT2D eigenvalue weighted by atomic mass is 9.94. The van der Waals surface area contributed by atoms with E-state index in [1.807, 2.05) is 36.2 Å². The second kappa shape index (κ2) is 5.03.